The monoisotopic (exact) mass is 296 g/mol. The average molecular weight is 296 g/mol. The number of thioether (sulfide) groups is 1. The van der Waals surface area contributed by atoms with Gasteiger partial charge in [0.25, 0.3) is 0 Å². The summed E-state index contributed by atoms with van der Waals surface area (Å²) in [6, 6.07) is -0.518. The molecule has 0 spiro atoms. The molecule has 2 amide bonds. The number of hydrogen-bond acceptors (Lipinski definition) is 3. The van der Waals surface area contributed by atoms with Crippen LogP contribution >= 0.6 is 11.8 Å². The van der Waals surface area contributed by atoms with Crippen LogP contribution in [0.5, 0.6) is 0 Å². The standard InChI is InChI=1S/C15H24N2O2S/c1-3-11-13(18)16-12(10-5-6-10)14(19)17(11)9-15(2)7-4-8-20-15/h10-12H,3-9H2,1-2H3,(H,16,18). The number of carbonyl (C=O) groups is 2. The lowest BCUT2D eigenvalue weighted by Crippen LogP contribution is -2.65. The smallest absolute Gasteiger partial charge is 0.246 e. The van der Waals surface area contributed by atoms with E-state index in [0.29, 0.717) is 12.3 Å². The van der Waals surface area contributed by atoms with Crippen molar-refractivity contribution in [1.82, 2.24) is 10.2 Å². The first-order valence-electron chi connectivity index (χ1n) is 7.79. The van der Waals surface area contributed by atoms with Crippen LogP contribution in [0.2, 0.25) is 0 Å². The fourth-order valence-electron chi connectivity index (χ4n) is 3.45. The molecule has 3 fully saturated rings. The van der Waals surface area contributed by atoms with E-state index in [1.54, 1.807) is 0 Å². The van der Waals surface area contributed by atoms with Crippen molar-refractivity contribution in [3.8, 4) is 0 Å². The van der Waals surface area contributed by atoms with E-state index in [1.807, 2.05) is 23.6 Å². The van der Waals surface area contributed by atoms with Crippen LogP contribution in [0.4, 0.5) is 0 Å². The van der Waals surface area contributed by atoms with Gasteiger partial charge < -0.3 is 10.2 Å². The third-order valence-electron chi connectivity index (χ3n) is 4.81. The Kier molecular flexibility index (Phi) is 3.73. The third-order valence-corrected chi connectivity index (χ3v) is 6.33. The van der Waals surface area contributed by atoms with Gasteiger partial charge in [0.15, 0.2) is 0 Å². The topological polar surface area (TPSA) is 49.4 Å². The van der Waals surface area contributed by atoms with Gasteiger partial charge in [0.05, 0.1) is 0 Å². The highest BCUT2D eigenvalue weighted by Gasteiger charge is 2.48. The summed E-state index contributed by atoms with van der Waals surface area (Å²) in [6.45, 7) is 4.96. The maximum absolute atomic E-state index is 12.8. The second-order valence-electron chi connectivity index (χ2n) is 6.62. The van der Waals surface area contributed by atoms with Gasteiger partial charge in [0.1, 0.15) is 12.1 Å². The van der Waals surface area contributed by atoms with E-state index < -0.39 is 0 Å². The lowest BCUT2D eigenvalue weighted by molar-refractivity contribution is -0.150. The van der Waals surface area contributed by atoms with Gasteiger partial charge in [-0.25, -0.2) is 0 Å². The molecule has 2 heterocycles. The largest absolute Gasteiger partial charge is 0.342 e. The summed E-state index contributed by atoms with van der Waals surface area (Å²) in [5.74, 6) is 1.77. The van der Waals surface area contributed by atoms with E-state index in [4.69, 9.17) is 0 Å². The van der Waals surface area contributed by atoms with E-state index in [9.17, 15) is 9.59 Å². The van der Waals surface area contributed by atoms with E-state index in [2.05, 4.69) is 12.2 Å². The zero-order chi connectivity index (χ0) is 14.3. The van der Waals surface area contributed by atoms with Crippen molar-refractivity contribution in [3.63, 3.8) is 0 Å². The molecular weight excluding hydrogens is 272 g/mol. The van der Waals surface area contributed by atoms with E-state index in [0.717, 1.165) is 25.8 Å². The molecule has 1 aliphatic carbocycles. The molecule has 0 radical (unpaired) electrons. The summed E-state index contributed by atoms with van der Waals surface area (Å²) in [7, 11) is 0. The molecule has 3 rings (SSSR count). The van der Waals surface area contributed by atoms with Crippen molar-refractivity contribution in [1.29, 1.82) is 0 Å². The second kappa shape index (κ2) is 5.24. The van der Waals surface area contributed by atoms with Gasteiger partial charge in [-0.15, -0.1) is 0 Å². The van der Waals surface area contributed by atoms with Crippen molar-refractivity contribution in [2.24, 2.45) is 5.92 Å². The summed E-state index contributed by atoms with van der Waals surface area (Å²) in [5, 5.41) is 2.96. The Bertz CT molecular complexity index is 416. The van der Waals surface area contributed by atoms with Crippen LogP contribution in [0.3, 0.4) is 0 Å². The fraction of sp³-hybridized carbons (Fsp3) is 0.867. The van der Waals surface area contributed by atoms with Crippen LogP contribution in [0.25, 0.3) is 0 Å². The highest BCUT2D eigenvalue weighted by molar-refractivity contribution is 8.00. The van der Waals surface area contributed by atoms with E-state index >= 15 is 0 Å². The Morgan fingerprint density at radius 2 is 2.15 bits per heavy atom. The summed E-state index contributed by atoms with van der Waals surface area (Å²) in [6.07, 6.45) is 5.22. The van der Waals surface area contributed by atoms with Crippen molar-refractivity contribution >= 4 is 23.6 Å². The van der Waals surface area contributed by atoms with Crippen molar-refractivity contribution in [2.45, 2.75) is 62.8 Å². The summed E-state index contributed by atoms with van der Waals surface area (Å²) in [4.78, 5) is 26.9. The first-order valence-corrected chi connectivity index (χ1v) is 8.77. The van der Waals surface area contributed by atoms with Gasteiger partial charge in [-0.1, -0.05) is 6.92 Å². The SMILES string of the molecule is CCC1C(=O)NC(C2CC2)C(=O)N1CC1(C)CCCS1. The van der Waals surface area contributed by atoms with Crippen LogP contribution in [0.15, 0.2) is 0 Å². The van der Waals surface area contributed by atoms with Crippen LogP contribution in [0.1, 0.15) is 46.0 Å². The van der Waals surface area contributed by atoms with Gasteiger partial charge in [0, 0.05) is 11.3 Å². The fourth-order valence-corrected chi connectivity index (χ4v) is 4.75. The highest BCUT2D eigenvalue weighted by Crippen LogP contribution is 2.40. The zero-order valence-electron chi connectivity index (χ0n) is 12.4. The van der Waals surface area contributed by atoms with E-state index in [-0.39, 0.29) is 28.6 Å². The first-order chi connectivity index (χ1) is 9.54. The Balaban J connectivity index is 1.79. The molecule has 2 saturated heterocycles. The van der Waals surface area contributed by atoms with Crippen LogP contribution in [-0.4, -0.2) is 45.8 Å². The van der Waals surface area contributed by atoms with Crippen molar-refractivity contribution < 1.29 is 9.59 Å². The Hall–Kier alpha value is -0.710. The molecule has 2 aliphatic heterocycles. The number of carbonyl (C=O) groups excluding carboxylic acids is 2. The normalized spacial score (nSPS) is 38.2. The molecule has 4 nitrogen and oxygen atoms in total. The minimum atomic E-state index is -0.268. The molecule has 0 aromatic rings. The number of amides is 2. The van der Waals surface area contributed by atoms with Gasteiger partial charge >= 0.3 is 0 Å². The third kappa shape index (κ3) is 2.57. The molecule has 0 aromatic carbocycles. The second-order valence-corrected chi connectivity index (χ2v) is 8.30. The van der Waals surface area contributed by atoms with Crippen molar-refractivity contribution in [2.75, 3.05) is 12.3 Å². The quantitative estimate of drug-likeness (QED) is 0.860. The zero-order valence-corrected chi connectivity index (χ0v) is 13.2. The molecular formula is C15H24N2O2S. The number of nitrogens with zero attached hydrogens (tertiary/aromatic N) is 1. The summed E-state index contributed by atoms with van der Waals surface area (Å²) in [5.41, 5.74) is 0. The maximum Gasteiger partial charge on any atom is 0.246 e. The van der Waals surface area contributed by atoms with Gasteiger partial charge in [-0.05, 0) is 50.7 Å². The lowest BCUT2D eigenvalue weighted by atomic mass is 9.98. The molecule has 1 N–H and O–H groups in total. The molecule has 3 atom stereocenters. The average Bonchev–Trinajstić information content (AvgIpc) is 3.17. The predicted molar refractivity (Wildman–Crippen MR) is 80.5 cm³/mol. The van der Waals surface area contributed by atoms with Crippen LogP contribution in [0, 0.1) is 5.92 Å². The number of rotatable bonds is 4. The molecule has 112 valence electrons. The molecule has 3 unspecified atom stereocenters. The summed E-state index contributed by atoms with van der Waals surface area (Å²) >= 11 is 1.95. The molecule has 0 bridgehead atoms. The molecule has 1 saturated carbocycles. The maximum atomic E-state index is 12.8. The Labute approximate surface area is 125 Å². The highest BCUT2D eigenvalue weighted by atomic mass is 32.2. The predicted octanol–water partition coefficient (Wildman–Crippen LogP) is 1.79. The van der Waals surface area contributed by atoms with Crippen LogP contribution < -0.4 is 5.32 Å². The minimum absolute atomic E-state index is 0.0515. The molecule has 0 aromatic heterocycles. The number of piperazine rings is 1. The minimum Gasteiger partial charge on any atom is -0.342 e. The van der Waals surface area contributed by atoms with Gasteiger partial charge in [0.2, 0.25) is 11.8 Å². The number of hydrogen-bond donors (Lipinski definition) is 1. The van der Waals surface area contributed by atoms with Gasteiger partial charge in [-0.2, -0.15) is 11.8 Å². The molecule has 3 aliphatic rings. The molecule has 5 heteroatoms. The lowest BCUT2D eigenvalue weighted by Gasteiger charge is -2.42. The summed E-state index contributed by atoms with van der Waals surface area (Å²) < 4.78 is 0.134. The number of nitrogens with one attached hydrogen (secondary N) is 1. The Morgan fingerprint density at radius 1 is 1.40 bits per heavy atom. The van der Waals surface area contributed by atoms with E-state index in [1.165, 1.54) is 12.2 Å². The first kappa shape index (κ1) is 14.2. The van der Waals surface area contributed by atoms with Crippen molar-refractivity contribution in [3.05, 3.63) is 0 Å². The van der Waals surface area contributed by atoms with Crippen LogP contribution in [-0.2, 0) is 9.59 Å². The Morgan fingerprint density at radius 3 is 2.70 bits per heavy atom. The molecule has 20 heavy (non-hydrogen) atoms. The van der Waals surface area contributed by atoms with Gasteiger partial charge in [-0.3, -0.25) is 9.59 Å².